The van der Waals surface area contributed by atoms with Crippen molar-refractivity contribution in [3.05, 3.63) is 28.0 Å². The number of nitrogens with zero attached hydrogens (tertiary/aromatic N) is 1. The van der Waals surface area contributed by atoms with E-state index in [4.69, 9.17) is 0 Å². The molecule has 13 heavy (non-hydrogen) atoms. The number of aromatic nitrogens is 1. The first-order valence-electron chi connectivity index (χ1n) is 3.14. The fourth-order valence-corrected chi connectivity index (χ4v) is 1.29. The van der Waals surface area contributed by atoms with Crippen LogP contribution < -0.4 is 0 Å². The number of carbonyl (C=O) groups is 1. The van der Waals surface area contributed by atoms with Crippen molar-refractivity contribution >= 4 is 22.2 Å². The van der Waals surface area contributed by atoms with E-state index in [1.807, 2.05) is 0 Å². The van der Waals surface area contributed by atoms with Crippen LogP contribution in [-0.2, 0) is 6.18 Å². The monoisotopic (exact) mass is 253 g/mol. The van der Waals surface area contributed by atoms with Crippen LogP contribution in [0, 0.1) is 0 Å². The Morgan fingerprint density at radius 1 is 1.38 bits per heavy atom. The van der Waals surface area contributed by atoms with Crippen molar-refractivity contribution in [2.75, 3.05) is 0 Å². The number of hydrogen-bond acceptors (Lipinski definition) is 2. The summed E-state index contributed by atoms with van der Waals surface area (Å²) in [7, 11) is 0. The van der Waals surface area contributed by atoms with Gasteiger partial charge in [-0.1, -0.05) is 0 Å². The first kappa shape index (κ1) is 10.2. The summed E-state index contributed by atoms with van der Waals surface area (Å²) in [5, 5.41) is 0. The standard InChI is InChI=1S/C7H3BrF3NO/c8-6-5(7(9,10)11)2-1-4(3-13)12-6/h1-3H. The topological polar surface area (TPSA) is 30.0 Å². The molecule has 0 spiro atoms. The highest BCUT2D eigenvalue weighted by Crippen LogP contribution is 2.33. The number of pyridine rings is 1. The highest BCUT2D eigenvalue weighted by Gasteiger charge is 2.33. The predicted molar refractivity (Wildman–Crippen MR) is 42.3 cm³/mol. The third kappa shape index (κ3) is 2.27. The highest BCUT2D eigenvalue weighted by molar-refractivity contribution is 9.10. The van der Waals surface area contributed by atoms with E-state index in [1.54, 1.807) is 0 Å². The quantitative estimate of drug-likeness (QED) is 0.569. The average molecular weight is 254 g/mol. The van der Waals surface area contributed by atoms with Gasteiger partial charge in [-0.25, -0.2) is 4.98 Å². The molecule has 1 rings (SSSR count). The number of alkyl halides is 3. The van der Waals surface area contributed by atoms with Crippen LogP contribution in [0.15, 0.2) is 16.7 Å². The summed E-state index contributed by atoms with van der Waals surface area (Å²) in [5.41, 5.74) is -0.932. The largest absolute Gasteiger partial charge is 0.419 e. The molecule has 0 aromatic carbocycles. The van der Waals surface area contributed by atoms with Crippen LogP contribution in [0.2, 0.25) is 0 Å². The Hall–Kier alpha value is -0.910. The normalized spacial score (nSPS) is 11.4. The van der Waals surface area contributed by atoms with E-state index < -0.39 is 11.7 Å². The lowest BCUT2D eigenvalue weighted by Crippen LogP contribution is -2.07. The number of rotatable bonds is 1. The molecule has 0 atom stereocenters. The minimum Gasteiger partial charge on any atom is -0.296 e. The molecule has 0 bridgehead atoms. The first-order chi connectivity index (χ1) is 5.95. The molecule has 1 heterocycles. The summed E-state index contributed by atoms with van der Waals surface area (Å²) in [5.74, 6) is 0. The van der Waals surface area contributed by atoms with Crippen LogP contribution in [0.25, 0.3) is 0 Å². The minimum absolute atomic E-state index is 0.0418. The SMILES string of the molecule is O=Cc1ccc(C(F)(F)F)c(Br)n1. The van der Waals surface area contributed by atoms with Gasteiger partial charge in [-0.3, -0.25) is 4.79 Å². The third-order valence-corrected chi connectivity index (χ3v) is 1.90. The van der Waals surface area contributed by atoms with Gasteiger partial charge in [0, 0.05) is 0 Å². The van der Waals surface area contributed by atoms with Gasteiger partial charge in [0.2, 0.25) is 0 Å². The first-order valence-corrected chi connectivity index (χ1v) is 3.93. The van der Waals surface area contributed by atoms with Crippen molar-refractivity contribution in [2.45, 2.75) is 6.18 Å². The maximum Gasteiger partial charge on any atom is 0.419 e. The van der Waals surface area contributed by atoms with Crippen molar-refractivity contribution in [1.29, 1.82) is 0 Å². The molecule has 0 aliphatic heterocycles. The number of carbonyl (C=O) groups excluding carboxylic acids is 1. The summed E-state index contributed by atoms with van der Waals surface area (Å²) in [6.45, 7) is 0. The van der Waals surface area contributed by atoms with E-state index in [-0.39, 0.29) is 10.3 Å². The van der Waals surface area contributed by atoms with Gasteiger partial charge in [0.1, 0.15) is 10.3 Å². The van der Waals surface area contributed by atoms with Crippen LogP contribution in [0.4, 0.5) is 13.2 Å². The zero-order valence-corrected chi connectivity index (χ0v) is 7.69. The van der Waals surface area contributed by atoms with Gasteiger partial charge >= 0.3 is 6.18 Å². The van der Waals surface area contributed by atoms with Gasteiger partial charge in [0.15, 0.2) is 6.29 Å². The second-order valence-electron chi connectivity index (χ2n) is 2.19. The van der Waals surface area contributed by atoms with Crippen LogP contribution >= 0.6 is 15.9 Å². The number of hydrogen-bond donors (Lipinski definition) is 0. The molecule has 2 nitrogen and oxygen atoms in total. The highest BCUT2D eigenvalue weighted by atomic mass is 79.9. The third-order valence-electron chi connectivity index (χ3n) is 1.30. The molecule has 0 aliphatic carbocycles. The van der Waals surface area contributed by atoms with Crippen LogP contribution in [0.3, 0.4) is 0 Å². The predicted octanol–water partition coefficient (Wildman–Crippen LogP) is 2.68. The molecule has 6 heteroatoms. The van der Waals surface area contributed by atoms with E-state index in [2.05, 4.69) is 20.9 Å². The molecule has 0 saturated carbocycles. The van der Waals surface area contributed by atoms with Crippen molar-refractivity contribution in [2.24, 2.45) is 0 Å². The molecule has 0 unspecified atom stereocenters. The summed E-state index contributed by atoms with van der Waals surface area (Å²) < 4.78 is 36.0. The molecular weight excluding hydrogens is 251 g/mol. The van der Waals surface area contributed by atoms with Crippen molar-refractivity contribution in [1.82, 2.24) is 4.98 Å². The molecular formula is C7H3BrF3NO. The van der Waals surface area contributed by atoms with Crippen LogP contribution in [0.1, 0.15) is 16.1 Å². The Morgan fingerprint density at radius 2 is 2.00 bits per heavy atom. The van der Waals surface area contributed by atoms with E-state index in [0.29, 0.717) is 6.29 Å². The van der Waals surface area contributed by atoms with Crippen molar-refractivity contribution < 1.29 is 18.0 Å². The lowest BCUT2D eigenvalue weighted by Gasteiger charge is -2.07. The summed E-state index contributed by atoms with van der Waals surface area (Å²) in [6, 6.07) is 1.82. The molecule has 0 N–H and O–H groups in total. The lowest BCUT2D eigenvalue weighted by molar-refractivity contribution is -0.138. The van der Waals surface area contributed by atoms with E-state index in [0.717, 1.165) is 12.1 Å². The van der Waals surface area contributed by atoms with Gasteiger partial charge < -0.3 is 0 Å². The average Bonchev–Trinajstić information content (AvgIpc) is 2.01. The van der Waals surface area contributed by atoms with Gasteiger partial charge in [-0.15, -0.1) is 0 Å². The zero-order valence-electron chi connectivity index (χ0n) is 6.10. The zero-order chi connectivity index (χ0) is 10.1. The Kier molecular flexibility index (Phi) is 2.70. The molecule has 1 aromatic rings. The molecule has 1 aromatic heterocycles. The van der Waals surface area contributed by atoms with E-state index in [9.17, 15) is 18.0 Å². The minimum atomic E-state index is -4.45. The fraction of sp³-hybridized carbons (Fsp3) is 0.143. The molecule has 0 fully saturated rings. The molecule has 0 saturated heterocycles. The Morgan fingerprint density at radius 3 is 2.38 bits per heavy atom. The second-order valence-corrected chi connectivity index (χ2v) is 2.94. The van der Waals surface area contributed by atoms with Crippen LogP contribution in [0.5, 0.6) is 0 Å². The summed E-state index contributed by atoms with van der Waals surface area (Å²) >= 11 is 2.63. The van der Waals surface area contributed by atoms with Gasteiger partial charge in [0.25, 0.3) is 0 Å². The smallest absolute Gasteiger partial charge is 0.296 e. The molecule has 0 aliphatic rings. The molecule has 70 valence electrons. The number of aldehydes is 1. The Balaban J connectivity index is 3.20. The summed E-state index contributed by atoms with van der Waals surface area (Å²) in [4.78, 5) is 13.5. The van der Waals surface area contributed by atoms with E-state index >= 15 is 0 Å². The van der Waals surface area contributed by atoms with Crippen molar-refractivity contribution in [3.8, 4) is 0 Å². The maximum atomic E-state index is 12.1. The second kappa shape index (κ2) is 3.45. The van der Waals surface area contributed by atoms with Gasteiger partial charge in [-0.05, 0) is 28.1 Å². The van der Waals surface area contributed by atoms with E-state index in [1.165, 1.54) is 0 Å². The Labute approximate surface area is 79.9 Å². The van der Waals surface area contributed by atoms with Gasteiger partial charge in [0.05, 0.1) is 5.56 Å². The summed E-state index contributed by atoms with van der Waals surface area (Å²) in [6.07, 6.45) is -4.07. The molecule has 0 amide bonds. The maximum absolute atomic E-state index is 12.1. The van der Waals surface area contributed by atoms with Crippen LogP contribution in [-0.4, -0.2) is 11.3 Å². The molecule has 0 radical (unpaired) electrons. The number of halogens is 4. The fourth-order valence-electron chi connectivity index (χ4n) is 0.725. The lowest BCUT2D eigenvalue weighted by atomic mass is 10.2. The van der Waals surface area contributed by atoms with Gasteiger partial charge in [-0.2, -0.15) is 13.2 Å². The Bertz CT molecular complexity index is 337. The van der Waals surface area contributed by atoms with Crippen molar-refractivity contribution in [3.63, 3.8) is 0 Å².